The Morgan fingerprint density at radius 2 is 0.619 bits per heavy atom. The third kappa shape index (κ3) is 26.7. The van der Waals surface area contributed by atoms with E-state index >= 15 is 0 Å². The SMILES string of the molecule is CC(C)(CCC1OCCCO1)C1CC(P(c2ccccc2)c2ccccc2)C(P(c2ccccc2)c2ccccc2)C1.CC(C)(CCC1OCCCO1)C1CCC(P(c2ccccc2)c2ccccc2)C1.CC(C)(CCC1OCCCO1)C1CCCC1.CC(CCC1OCCCO1)=C1C=CC=C1.[H-].[H-].[H-].[Li+].[Li+].[Li+]. The molecule has 4 heterocycles. The normalized spacial score (nSPS) is 22.0. The molecule has 0 aromatic heterocycles. The topological polar surface area (TPSA) is 73.8 Å². The smallest absolute Gasteiger partial charge is 1.00 e. The van der Waals surface area contributed by atoms with Crippen molar-refractivity contribution < 1.29 is 98.8 Å². The summed E-state index contributed by atoms with van der Waals surface area (Å²) in [6.07, 6.45) is 33.6. The quantitative estimate of drug-likeness (QED) is 0.0438. The summed E-state index contributed by atoms with van der Waals surface area (Å²) in [4.78, 5) is 0. The molecule has 105 heavy (non-hydrogen) atoms. The van der Waals surface area contributed by atoms with Crippen molar-refractivity contribution in [3.63, 3.8) is 0 Å². The van der Waals surface area contributed by atoms with Crippen LogP contribution >= 0.6 is 23.8 Å². The van der Waals surface area contributed by atoms with Crippen LogP contribution in [0, 0.1) is 34.0 Å². The first-order valence-electron chi connectivity index (χ1n) is 39.4. The van der Waals surface area contributed by atoms with Crippen LogP contribution in [0.15, 0.2) is 217 Å². The zero-order valence-corrected chi connectivity index (χ0v) is 68.7. The van der Waals surface area contributed by atoms with Gasteiger partial charge in [0.25, 0.3) is 0 Å². The molecular formula is C91H126Li3O8P3. The fraction of sp³-hybridized carbons (Fsp3) is 0.538. The minimum Gasteiger partial charge on any atom is -1.00 e. The second kappa shape index (κ2) is 45.7. The molecule has 0 amide bonds. The van der Waals surface area contributed by atoms with E-state index in [0.717, 1.165) is 135 Å². The van der Waals surface area contributed by atoms with Gasteiger partial charge in [-0.25, -0.2) is 0 Å². The maximum absolute atomic E-state index is 5.97. The number of benzene rings is 6. The van der Waals surface area contributed by atoms with Crippen LogP contribution < -0.4 is 88.4 Å². The first-order valence-corrected chi connectivity index (χ1v) is 43.7. The van der Waals surface area contributed by atoms with Crippen LogP contribution in [-0.4, -0.2) is 95.0 Å². The van der Waals surface area contributed by atoms with Gasteiger partial charge in [0.1, 0.15) is 0 Å². The van der Waals surface area contributed by atoms with Gasteiger partial charge in [-0.2, -0.15) is 0 Å². The summed E-state index contributed by atoms with van der Waals surface area (Å²) in [7, 11) is -1.36. The number of allylic oxidation sites excluding steroid dienone is 6. The predicted molar refractivity (Wildman–Crippen MR) is 434 cm³/mol. The van der Waals surface area contributed by atoms with E-state index < -0.39 is 15.8 Å². The summed E-state index contributed by atoms with van der Waals surface area (Å²) in [5, 5.41) is 9.08. The van der Waals surface area contributed by atoms with E-state index in [1.54, 1.807) is 0 Å². The molecule has 6 aromatic rings. The molecule has 556 valence electrons. The van der Waals surface area contributed by atoms with Crippen molar-refractivity contribution in [2.45, 2.75) is 225 Å². The predicted octanol–water partition coefficient (Wildman–Crippen LogP) is 11.9. The molecule has 6 aromatic carbocycles. The van der Waals surface area contributed by atoms with Crippen molar-refractivity contribution in [3.8, 4) is 0 Å². The van der Waals surface area contributed by atoms with Crippen molar-refractivity contribution in [2.24, 2.45) is 34.0 Å². The van der Waals surface area contributed by atoms with Crippen LogP contribution in [0.2, 0.25) is 0 Å². The number of hydrogen-bond acceptors (Lipinski definition) is 8. The van der Waals surface area contributed by atoms with E-state index in [9.17, 15) is 0 Å². The Kier molecular flexibility index (Phi) is 38.3. The summed E-state index contributed by atoms with van der Waals surface area (Å²) in [5.74, 6) is 2.36. The molecule has 4 saturated heterocycles. The van der Waals surface area contributed by atoms with Crippen LogP contribution in [0.25, 0.3) is 0 Å². The van der Waals surface area contributed by atoms with E-state index in [0.29, 0.717) is 28.1 Å². The van der Waals surface area contributed by atoms with Gasteiger partial charge in [0.15, 0.2) is 25.2 Å². The summed E-state index contributed by atoms with van der Waals surface area (Å²) < 4.78 is 45.8. The Bertz CT molecular complexity index is 3210. The van der Waals surface area contributed by atoms with E-state index in [1.807, 2.05) is 0 Å². The fourth-order valence-electron chi connectivity index (χ4n) is 17.0. The van der Waals surface area contributed by atoms with Crippen LogP contribution in [0.3, 0.4) is 0 Å². The Labute approximate surface area is 678 Å². The van der Waals surface area contributed by atoms with Gasteiger partial charge < -0.3 is 42.2 Å². The third-order valence-electron chi connectivity index (χ3n) is 23.4. The zero-order valence-electron chi connectivity index (χ0n) is 69.0. The second-order valence-corrected chi connectivity index (χ2v) is 39.1. The average Bonchev–Trinajstić information content (AvgIpc) is 1.58. The van der Waals surface area contributed by atoms with Gasteiger partial charge in [0.05, 0.1) is 52.9 Å². The van der Waals surface area contributed by atoms with E-state index in [4.69, 9.17) is 37.9 Å². The Morgan fingerprint density at radius 3 is 0.943 bits per heavy atom. The Balaban J connectivity index is 0.000000275. The van der Waals surface area contributed by atoms with Crippen LogP contribution in [0.5, 0.6) is 0 Å². The number of hydrogen-bond donors (Lipinski definition) is 0. The molecule has 14 rings (SSSR count). The summed E-state index contributed by atoms with van der Waals surface area (Å²) in [6.45, 7) is 23.8. The van der Waals surface area contributed by atoms with Gasteiger partial charge in [0.2, 0.25) is 0 Å². The summed E-state index contributed by atoms with van der Waals surface area (Å²) >= 11 is 0. The maximum Gasteiger partial charge on any atom is 1.00 e. The van der Waals surface area contributed by atoms with Crippen molar-refractivity contribution in [1.82, 2.24) is 0 Å². The van der Waals surface area contributed by atoms with E-state index in [1.165, 1.54) is 114 Å². The second-order valence-electron chi connectivity index (χ2n) is 31.7. The van der Waals surface area contributed by atoms with Gasteiger partial charge >= 0.3 is 56.6 Å². The third-order valence-corrected chi connectivity index (χ3v) is 32.4. The molecule has 0 N–H and O–H groups in total. The standard InChI is InChI=1S/C38H44O2P2.C26H35O2P.C14H26O2.C13H18O2.3Li.3H/c1-38(2,25-24-37-39-26-15-27-40-37)30-28-35(41(31-16-7-3-8-17-31)32-18-9-4-10-19-32)36(29-30)42(33-20-11-5-12-21-33)34-22-13-6-14-23-34;1-26(2,17-16-25-27-18-9-19-28-25)21-14-15-24(20-21)29(22-10-5-3-6-11-22)23-12-7-4-8-13-23;1-14(2,12-6-3-4-7-12)9-8-13-15-10-5-11-16-13;1-11(12-5-2-3-6-12)7-8-13-14-9-4-10-15-13;;;;;;/h3-14,16-23,30,35-37H,15,24-29H2,1-2H3;3-8,10-13,21,24-25H,9,14-20H2,1-2H3;12-13H,3-11H2,1-2H3;2-3,5-6,13H,4,7-10H2,1H3;;;;;;/q;;;;3*+1;3*-1. The zero-order chi connectivity index (χ0) is 70.8. The molecule has 3 saturated carbocycles. The minimum absolute atomic E-state index is 0. The molecule has 14 heteroatoms. The molecule has 4 aliphatic carbocycles. The Hall–Kier alpha value is -2.70. The monoisotopic (exact) mass is 1460 g/mol. The summed E-state index contributed by atoms with van der Waals surface area (Å²) in [5.41, 5.74) is 5.75. The molecule has 4 unspecified atom stereocenters. The number of ether oxygens (including phenoxy) is 8. The summed E-state index contributed by atoms with van der Waals surface area (Å²) in [6, 6.07) is 68.1. The molecule has 4 atom stereocenters. The van der Waals surface area contributed by atoms with E-state index in [-0.39, 0.29) is 99.4 Å². The van der Waals surface area contributed by atoms with Crippen molar-refractivity contribution in [3.05, 3.63) is 217 Å². The molecular weight excluding hydrogens is 1330 g/mol. The van der Waals surface area contributed by atoms with Gasteiger partial charge in [-0.15, -0.1) is 0 Å². The first-order chi connectivity index (χ1) is 49.8. The molecule has 0 bridgehead atoms. The molecule has 8 nitrogen and oxygen atoms in total. The molecule has 7 fully saturated rings. The minimum atomic E-state index is -0.533. The molecule has 8 aliphatic rings. The molecule has 0 spiro atoms. The molecule has 0 radical (unpaired) electrons. The molecule has 4 aliphatic heterocycles. The fourth-order valence-corrected chi connectivity index (χ4v) is 26.8. The van der Waals surface area contributed by atoms with Crippen LogP contribution in [-0.2, 0) is 37.9 Å². The Morgan fingerprint density at radius 1 is 0.333 bits per heavy atom. The van der Waals surface area contributed by atoms with Crippen LogP contribution in [0.4, 0.5) is 0 Å². The van der Waals surface area contributed by atoms with Gasteiger partial charge in [0, 0.05) is 6.42 Å². The van der Waals surface area contributed by atoms with Crippen molar-refractivity contribution >= 4 is 55.6 Å². The maximum atomic E-state index is 5.97. The average molecular weight is 1460 g/mol. The van der Waals surface area contributed by atoms with Crippen molar-refractivity contribution in [2.75, 3.05) is 52.9 Å². The van der Waals surface area contributed by atoms with Gasteiger partial charge in [-0.1, -0.05) is 266 Å². The largest absolute Gasteiger partial charge is 1.00 e. The van der Waals surface area contributed by atoms with Crippen molar-refractivity contribution in [1.29, 1.82) is 0 Å². The van der Waals surface area contributed by atoms with E-state index in [2.05, 4.69) is 255 Å². The first kappa shape index (κ1) is 87.9. The van der Waals surface area contributed by atoms with Crippen LogP contribution in [0.1, 0.15) is 188 Å². The van der Waals surface area contributed by atoms with Gasteiger partial charge in [-0.05, 0) is 235 Å². The van der Waals surface area contributed by atoms with Gasteiger partial charge in [-0.3, -0.25) is 0 Å². The number of rotatable bonds is 24.